The molecule has 20 heavy (non-hydrogen) atoms. The Morgan fingerprint density at radius 1 is 0.900 bits per heavy atom. The summed E-state index contributed by atoms with van der Waals surface area (Å²) in [5.41, 5.74) is 0.191. The molecule has 0 amide bonds. The van der Waals surface area contributed by atoms with Crippen LogP contribution < -0.4 is 0 Å². The fraction of sp³-hybridized carbons (Fsp3) is 1.00. The van der Waals surface area contributed by atoms with Crippen molar-refractivity contribution in [1.82, 2.24) is 0 Å². The molecule has 2 heterocycles. The Bertz CT molecular complexity index is 306. The zero-order chi connectivity index (χ0) is 14.8. The van der Waals surface area contributed by atoms with Crippen LogP contribution in [0.5, 0.6) is 0 Å². The van der Waals surface area contributed by atoms with Crippen molar-refractivity contribution < 1.29 is 18.6 Å². The highest BCUT2D eigenvalue weighted by atomic mass is 16.7. The normalized spacial score (nSPS) is 27.4. The SMILES string of the molecule is CCC(C)CC1(C)COB(B2OCC(C)(C)CO2)OC1. The van der Waals surface area contributed by atoms with E-state index in [9.17, 15) is 0 Å². The summed E-state index contributed by atoms with van der Waals surface area (Å²) in [4.78, 5) is 0. The minimum absolute atomic E-state index is 0.0796. The molecule has 0 aromatic carbocycles. The fourth-order valence-corrected chi connectivity index (χ4v) is 2.78. The molecule has 0 radical (unpaired) electrons. The van der Waals surface area contributed by atoms with Gasteiger partial charge in [-0.2, -0.15) is 0 Å². The Hall–Kier alpha value is -0.0301. The van der Waals surface area contributed by atoms with Gasteiger partial charge in [0.25, 0.3) is 0 Å². The zero-order valence-electron chi connectivity index (χ0n) is 13.6. The molecule has 4 nitrogen and oxygen atoms in total. The van der Waals surface area contributed by atoms with Crippen molar-refractivity contribution in [2.75, 3.05) is 26.4 Å². The van der Waals surface area contributed by atoms with Crippen molar-refractivity contribution in [1.29, 1.82) is 0 Å². The van der Waals surface area contributed by atoms with Gasteiger partial charge in [0, 0.05) is 37.3 Å². The summed E-state index contributed by atoms with van der Waals surface area (Å²) >= 11 is 0. The van der Waals surface area contributed by atoms with Crippen molar-refractivity contribution >= 4 is 14.0 Å². The van der Waals surface area contributed by atoms with E-state index in [0.717, 1.165) is 6.42 Å². The van der Waals surface area contributed by atoms with Crippen LogP contribution in [0.3, 0.4) is 0 Å². The average molecular weight is 282 g/mol. The summed E-state index contributed by atoms with van der Waals surface area (Å²) < 4.78 is 23.2. The van der Waals surface area contributed by atoms with Crippen LogP contribution in [-0.4, -0.2) is 40.4 Å². The van der Waals surface area contributed by atoms with E-state index in [-0.39, 0.29) is 24.8 Å². The molecule has 0 aromatic rings. The molecule has 2 fully saturated rings. The van der Waals surface area contributed by atoms with E-state index in [1.807, 2.05) is 0 Å². The number of hydrogen-bond donors (Lipinski definition) is 0. The smallest absolute Gasteiger partial charge is 0.413 e. The highest BCUT2D eigenvalue weighted by molar-refractivity contribution is 7.10. The Morgan fingerprint density at radius 3 is 1.80 bits per heavy atom. The molecule has 0 aliphatic carbocycles. The molecule has 2 aliphatic rings. The molecule has 0 spiro atoms. The van der Waals surface area contributed by atoms with Gasteiger partial charge < -0.3 is 18.6 Å². The van der Waals surface area contributed by atoms with Crippen molar-refractivity contribution in [3.8, 4) is 0 Å². The molecule has 6 heteroatoms. The first kappa shape index (κ1) is 16.3. The second kappa shape index (κ2) is 6.39. The first-order valence-corrected chi connectivity index (χ1v) is 7.80. The molecular weight excluding hydrogens is 254 g/mol. The lowest BCUT2D eigenvalue weighted by molar-refractivity contribution is -0.00866. The van der Waals surface area contributed by atoms with E-state index in [4.69, 9.17) is 18.6 Å². The van der Waals surface area contributed by atoms with Crippen LogP contribution in [0.15, 0.2) is 0 Å². The van der Waals surface area contributed by atoms with Crippen LogP contribution >= 0.6 is 0 Å². The second-order valence-corrected chi connectivity index (χ2v) is 7.67. The van der Waals surface area contributed by atoms with Crippen molar-refractivity contribution in [2.24, 2.45) is 16.7 Å². The monoisotopic (exact) mass is 282 g/mol. The Morgan fingerprint density at radius 2 is 1.35 bits per heavy atom. The van der Waals surface area contributed by atoms with Crippen LogP contribution in [0, 0.1) is 16.7 Å². The van der Waals surface area contributed by atoms with E-state index in [2.05, 4.69) is 34.6 Å². The lowest BCUT2D eigenvalue weighted by Crippen LogP contribution is -2.56. The summed E-state index contributed by atoms with van der Waals surface area (Å²) in [6.07, 6.45) is 2.33. The van der Waals surface area contributed by atoms with Gasteiger partial charge in [-0.05, 0) is 12.3 Å². The lowest BCUT2D eigenvalue weighted by Gasteiger charge is -2.40. The first-order valence-electron chi connectivity index (χ1n) is 7.80. The minimum atomic E-state index is -0.379. The maximum Gasteiger partial charge on any atom is 0.488 e. The van der Waals surface area contributed by atoms with Gasteiger partial charge >= 0.3 is 14.0 Å². The standard InChI is InChI=1S/C14H28B2O4/c1-6-12(2)7-14(5)10-19-16(20-11-14)15-17-8-13(3,4)9-18-15/h12H,6-11H2,1-5H3. The Labute approximate surface area is 124 Å². The van der Waals surface area contributed by atoms with Crippen molar-refractivity contribution in [3.63, 3.8) is 0 Å². The van der Waals surface area contributed by atoms with Crippen LogP contribution in [0.25, 0.3) is 0 Å². The topological polar surface area (TPSA) is 36.9 Å². The van der Waals surface area contributed by atoms with Gasteiger partial charge in [-0.15, -0.1) is 0 Å². The maximum atomic E-state index is 5.87. The van der Waals surface area contributed by atoms with Gasteiger partial charge in [0.1, 0.15) is 0 Å². The van der Waals surface area contributed by atoms with Crippen molar-refractivity contribution in [3.05, 3.63) is 0 Å². The lowest BCUT2D eigenvalue weighted by atomic mass is 9.47. The molecule has 2 saturated heterocycles. The molecule has 2 rings (SSSR count). The summed E-state index contributed by atoms with van der Waals surface area (Å²) in [5.74, 6) is 0.701. The van der Waals surface area contributed by atoms with E-state index in [1.165, 1.54) is 6.42 Å². The molecule has 1 unspecified atom stereocenters. The van der Waals surface area contributed by atoms with Gasteiger partial charge in [-0.3, -0.25) is 0 Å². The molecule has 2 aliphatic heterocycles. The summed E-state index contributed by atoms with van der Waals surface area (Å²) in [5, 5.41) is 0. The third-order valence-electron chi connectivity index (χ3n) is 4.23. The van der Waals surface area contributed by atoms with Gasteiger partial charge in [0.15, 0.2) is 0 Å². The van der Waals surface area contributed by atoms with E-state index < -0.39 is 0 Å². The number of hydrogen-bond acceptors (Lipinski definition) is 4. The Kier molecular flexibility index (Phi) is 5.22. The predicted molar refractivity (Wildman–Crippen MR) is 81.3 cm³/mol. The molecule has 0 saturated carbocycles. The van der Waals surface area contributed by atoms with Crippen LogP contribution in [0.1, 0.15) is 47.5 Å². The largest absolute Gasteiger partial charge is 0.488 e. The average Bonchev–Trinajstić information content (AvgIpc) is 2.40. The van der Waals surface area contributed by atoms with Crippen LogP contribution in [-0.2, 0) is 18.6 Å². The quantitative estimate of drug-likeness (QED) is 0.743. The molecule has 0 aromatic heterocycles. The number of rotatable bonds is 4. The second-order valence-electron chi connectivity index (χ2n) is 7.67. The highest BCUT2D eigenvalue weighted by Gasteiger charge is 2.48. The van der Waals surface area contributed by atoms with Gasteiger partial charge in [0.2, 0.25) is 0 Å². The van der Waals surface area contributed by atoms with Gasteiger partial charge in [-0.25, -0.2) is 0 Å². The first-order chi connectivity index (χ1) is 9.34. The highest BCUT2D eigenvalue weighted by Crippen LogP contribution is 2.33. The summed E-state index contributed by atoms with van der Waals surface area (Å²) in [7, 11) is -0.757. The third-order valence-corrected chi connectivity index (χ3v) is 4.23. The molecule has 0 bridgehead atoms. The Balaban J connectivity index is 1.79. The third kappa shape index (κ3) is 4.23. The molecular formula is C14H28B2O4. The molecule has 0 N–H and O–H groups in total. The summed E-state index contributed by atoms with van der Waals surface area (Å²) in [6.45, 7) is 13.8. The summed E-state index contributed by atoms with van der Waals surface area (Å²) in [6, 6.07) is 0. The van der Waals surface area contributed by atoms with Crippen LogP contribution in [0.4, 0.5) is 0 Å². The van der Waals surface area contributed by atoms with E-state index in [0.29, 0.717) is 32.3 Å². The zero-order valence-corrected chi connectivity index (χ0v) is 13.6. The van der Waals surface area contributed by atoms with Crippen LogP contribution in [0.2, 0.25) is 0 Å². The van der Waals surface area contributed by atoms with E-state index in [1.54, 1.807) is 0 Å². The van der Waals surface area contributed by atoms with Gasteiger partial charge in [0.05, 0.1) is 0 Å². The van der Waals surface area contributed by atoms with E-state index >= 15 is 0 Å². The molecule has 114 valence electrons. The minimum Gasteiger partial charge on any atom is -0.413 e. The fourth-order valence-electron chi connectivity index (χ4n) is 2.78. The van der Waals surface area contributed by atoms with Crippen molar-refractivity contribution in [2.45, 2.75) is 47.5 Å². The van der Waals surface area contributed by atoms with Gasteiger partial charge in [-0.1, -0.05) is 41.0 Å². The predicted octanol–water partition coefficient (Wildman–Crippen LogP) is 2.60. The molecule has 1 atom stereocenters. The maximum absolute atomic E-state index is 5.87.